The SMILES string of the molecule is CC1=C[C@H](C)[C@@H]2CO[C@@H](c3ccccc3O)[C@H]1[C@@H]2C. The van der Waals surface area contributed by atoms with Crippen LogP contribution in [0, 0.1) is 23.7 Å². The Bertz CT molecular complexity index is 506. The zero-order chi connectivity index (χ0) is 13.6. The molecule has 1 aliphatic heterocycles. The van der Waals surface area contributed by atoms with Crippen LogP contribution in [0.15, 0.2) is 35.9 Å². The molecule has 1 fully saturated rings. The summed E-state index contributed by atoms with van der Waals surface area (Å²) in [5.41, 5.74) is 2.34. The number of hydrogen-bond donors (Lipinski definition) is 1. The smallest absolute Gasteiger partial charge is 0.121 e. The Hall–Kier alpha value is -1.28. The molecule has 5 atom stereocenters. The van der Waals surface area contributed by atoms with Gasteiger partial charge in [-0.05, 0) is 30.7 Å². The highest BCUT2D eigenvalue weighted by Crippen LogP contribution is 2.50. The Morgan fingerprint density at radius 3 is 2.68 bits per heavy atom. The summed E-state index contributed by atoms with van der Waals surface area (Å²) >= 11 is 0. The number of allylic oxidation sites excluding steroid dienone is 1. The van der Waals surface area contributed by atoms with Crippen molar-refractivity contribution < 1.29 is 9.84 Å². The van der Waals surface area contributed by atoms with Crippen molar-refractivity contribution in [3.05, 3.63) is 41.5 Å². The fourth-order valence-corrected chi connectivity index (χ4v) is 3.96. The van der Waals surface area contributed by atoms with Gasteiger partial charge in [-0.2, -0.15) is 0 Å². The van der Waals surface area contributed by atoms with E-state index in [0.717, 1.165) is 12.2 Å². The first-order chi connectivity index (χ1) is 9.09. The molecule has 0 spiro atoms. The fraction of sp³-hybridized carbons (Fsp3) is 0.529. The second-order valence-corrected chi connectivity index (χ2v) is 6.13. The molecule has 1 aromatic carbocycles. The number of aromatic hydroxyl groups is 1. The lowest BCUT2D eigenvalue weighted by molar-refractivity contribution is -0.0941. The van der Waals surface area contributed by atoms with Crippen LogP contribution in [0.1, 0.15) is 32.4 Å². The Morgan fingerprint density at radius 1 is 1.21 bits per heavy atom. The molecule has 102 valence electrons. The van der Waals surface area contributed by atoms with Crippen LogP contribution in [0.5, 0.6) is 5.75 Å². The van der Waals surface area contributed by atoms with Crippen molar-refractivity contribution in [1.82, 2.24) is 0 Å². The number of rotatable bonds is 1. The number of hydrogen-bond acceptors (Lipinski definition) is 2. The van der Waals surface area contributed by atoms with Gasteiger partial charge >= 0.3 is 0 Å². The minimum Gasteiger partial charge on any atom is -0.508 e. The second kappa shape index (κ2) is 4.68. The van der Waals surface area contributed by atoms with Gasteiger partial charge in [0.15, 0.2) is 0 Å². The predicted molar refractivity (Wildman–Crippen MR) is 75.9 cm³/mol. The molecular formula is C17H22O2. The molecule has 2 bridgehead atoms. The maximum Gasteiger partial charge on any atom is 0.121 e. The highest BCUT2D eigenvalue weighted by molar-refractivity contribution is 5.36. The quantitative estimate of drug-likeness (QED) is 0.773. The number of phenolic OH excluding ortho intramolecular Hbond substituents is 1. The van der Waals surface area contributed by atoms with Gasteiger partial charge in [0, 0.05) is 11.5 Å². The van der Waals surface area contributed by atoms with E-state index in [-0.39, 0.29) is 6.10 Å². The van der Waals surface area contributed by atoms with E-state index in [2.05, 4.69) is 26.8 Å². The van der Waals surface area contributed by atoms with Crippen LogP contribution in [-0.4, -0.2) is 11.7 Å². The van der Waals surface area contributed by atoms with E-state index in [1.165, 1.54) is 5.57 Å². The minimum atomic E-state index is -0.00352. The van der Waals surface area contributed by atoms with Gasteiger partial charge in [-0.25, -0.2) is 0 Å². The number of fused-ring (bicyclic) bond motifs is 2. The topological polar surface area (TPSA) is 29.5 Å². The predicted octanol–water partition coefficient (Wildman–Crippen LogP) is 3.93. The first-order valence-corrected chi connectivity index (χ1v) is 7.17. The van der Waals surface area contributed by atoms with Crippen molar-refractivity contribution in [3.8, 4) is 5.75 Å². The first kappa shape index (κ1) is 12.7. The van der Waals surface area contributed by atoms with Gasteiger partial charge in [0.25, 0.3) is 0 Å². The van der Waals surface area contributed by atoms with Crippen LogP contribution < -0.4 is 0 Å². The number of phenols is 1. The van der Waals surface area contributed by atoms with Crippen LogP contribution in [-0.2, 0) is 4.74 Å². The van der Waals surface area contributed by atoms with Gasteiger partial charge in [-0.1, -0.05) is 43.7 Å². The molecule has 1 N–H and O–H groups in total. The Morgan fingerprint density at radius 2 is 1.95 bits per heavy atom. The molecule has 2 aliphatic rings. The van der Waals surface area contributed by atoms with Gasteiger partial charge in [0.1, 0.15) is 5.75 Å². The third-order valence-electron chi connectivity index (χ3n) is 5.01. The summed E-state index contributed by atoms with van der Waals surface area (Å²) in [7, 11) is 0. The van der Waals surface area contributed by atoms with Crippen LogP contribution >= 0.6 is 0 Å². The molecule has 1 aromatic rings. The minimum absolute atomic E-state index is 0.00352. The van der Waals surface area contributed by atoms with Crippen LogP contribution in [0.2, 0.25) is 0 Å². The summed E-state index contributed by atoms with van der Waals surface area (Å²) in [5.74, 6) is 2.55. The van der Waals surface area contributed by atoms with Crippen LogP contribution in [0.3, 0.4) is 0 Å². The third-order valence-corrected chi connectivity index (χ3v) is 5.01. The second-order valence-electron chi connectivity index (χ2n) is 6.13. The molecule has 19 heavy (non-hydrogen) atoms. The van der Waals surface area contributed by atoms with Crippen molar-refractivity contribution in [2.75, 3.05) is 6.61 Å². The van der Waals surface area contributed by atoms with E-state index in [4.69, 9.17) is 4.74 Å². The Labute approximate surface area is 115 Å². The molecule has 2 nitrogen and oxygen atoms in total. The average molecular weight is 258 g/mol. The lowest BCUT2D eigenvalue weighted by Gasteiger charge is -2.47. The van der Waals surface area contributed by atoms with Crippen molar-refractivity contribution in [1.29, 1.82) is 0 Å². The highest BCUT2D eigenvalue weighted by atomic mass is 16.5. The fourth-order valence-electron chi connectivity index (χ4n) is 3.96. The normalized spacial score (nSPS) is 37.8. The van der Waals surface area contributed by atoms with E-state index in [1.54, 1.807) is 6.07 Å². The largest absolute Gasteiger partial charge is 0.508 e. The summed E-state index contributed by atoms with van der Waals surface area (Å²) < 4.78 is 6.12. The summed E-state index contributed by atoms with van der Waals surface area (Å²) in [6.07, 6.45) is 2.39. The van der Waals surface area contributed by atoms with Crippen LogP contribution in [0.4, 0.5) is 0 Å². The standard InChI is InChI=1S/C17H22O2/c1-10-8-11(2)16-12(3)14(10)9-19-17(16)13-6-4-5-7-15(13)18/h4-8,10,12,14,16-18H,9H2,1-3H3/t10-,12+,14-,16+,17-/m0/s1. The number of benzene rings is 1. The van der Waals surface area contributed by atoms with Gasteiger partial charge in [0.2, 0.25) is 0 Å². The van der Waals surface area contributed by atoms with Gasteiger partial charge in [-0.15, -0.1) is 0 Å². The molecule has 1 heterocycles. The van der Waals surface area contributed by atoms with Crippen molar-refractivity contribution in [2.24, 2.45) is 23.7 Å². The molecule has 0 saturated carbocycles. The zero-order valence-electron chi connectivity index (χ0n) is 11.8. The van der Waals surface area contributed by atoms with E-state index in [0.29, 0.717) is 29.4 Å². The molecular weight excluding hydrogens is 236 g/mol. The van der Waals surface area contributed by atoms with Crippen LogP contribution in [0.25, 0.3) is 0 Å². The Balaban J connectivity index is 2.01. The van der Waals surface area contributed by atoms with Gasteiger partial charge in [0.05, 0.1) is 12.7 Å². The van der Waals surface area contributed by atoms with Crippen molar-refractivity contribution in [3.63, 3.8) is 0 Å². The molecule has 1 saturated heterocycles. The first-order valence-electron chi connectivity index (χ1n) is 7.17. The monoisotopic (exact) mass is 258 g/mol. The lowest BCUT2D eigenvalue weighted by Crippen LogP contribution is -2.42. The molecule has 1 aliphatic carbocycles. The highest BCUT2D eigenvalue weighted by Gasteiger charge is 2.44. The lowest BCUT2D eigenvalue weighted by atomic mass is 9.64. The molecule has 2 heteroatoms. The average Bonchev–Trinajstić information content (AvgIpc) is 2.36. The van der Waals surface area contributed by atoms with Crippen molar-refractivity contribution >= 4 is 0 Å². The number of ether oxygens (including phenoxy) is 1. The van der Waals surface area contributed by atoms with Crippen molar-refractivity contribution in [2.45, 2.75) is 26.9 Å². The van der Waals surface area contributed by atoms with Gasteiger partial charge in [-0.3, -0.25) is 0 Å². The molecule has 3 rings (SSSR count). The molecule has 0 unspecified atom stereocenters. The van der Waals surface area contributed by atoms with E-state index >= 15 is 0 Å². The Kier molecular flexibility index (Phi) is 3.14. The molecule has 0 radical (unpaired) electrons. The summed E-state index contributed by atoms with van der Waals surface area (Å²) in [6, 6.07) is 7.57. The summed E-state index contributed by atoms with van der Waals surface area (Å²) in [5, 5.41) is 10.1. The summed E-state index contributed by atoms with van der Waals surface area (Å²) in [4.78, 5) is 0. The maximum atomic E-state index is 10.1. The van der Waals surface area contributed by atoms with Gasteiger partial charge < -0.3 is 9.84 Å². The number of para-hydroxylation sites is 1. The molecule has 0 aromatic heterocycles. The maximum absolute atomic E-state index is 10.1. The zero-order valence-corrected chi connectivity index (χ0v) is 11.8. The van der Waals surface area contributed by atoms with E-state index < -0.39 is 0 Å². The third kappa shape index (κ3) is 1.99. The van der Waals surface area contributed by atoms with E-state index in [1.807, 2.05) is 18.2 Å². The molecule has 0 amide bonds. The van der Waals surface area contributed by atoms with E-state index in [9.17, 15) is 5.11 Å². The summed E-state index contributed by atoms with van der Waals surface area (Å²) in [6.45, 7) is 7.61.